The quantitative estimate of drug-likeness (QED) is 0.180. The third-order valence-electron chi connectivity index (χ3n) is 9.78. The summed E-state index contributed by atoms with van der Waals surface area (Å²) < 4.78 is 6.36. The average molecular weight is 612 g/mol. The van der Waals surface area contributed by atoms with E-state index in [4.69, 9.17) is 4.42 Å². The minimum Gasteiger partial charge on any atom is -0.456 e. The number of fused-ring (bicyclic) bond motifs is 3. The molecule has 0 bridgehead atoms. The van der Waals surface area contributed by atoms with Crippen LogP contribution >= 0.6 is 0 Å². The summed E-state index contributed by atoms with van der Waals surface area (Å²) in [6.07, 6.45) is 0. The Hall–Kier alpha value is -6.38. The molecular formula is C46H29NO. The molecule has 0 amide bonds. The maximum Gasteiger partial charge on any atom is 0.136 e. The first kappa shape index (κ1) is 26.8. The molecule has 1 heterocycles. The molecule has 0 saturated heterocycles. The second kappa shape index (κ2) is 10.6. The highest BCUT2D eigenvalue weighted by atomic mass is 16.3. The molecule has 224 valence electrons. The molecule has 0 fully saturated rings. The van der Waals surface area contributed by atoms with Gasteiger partial charge in [0.25, 0.3) is 0 Å². The van der Waals surface area contributed by atoms with E-state index in [0.29, 0.717) is 0 Å². The summed E-state index contributed by atoms with van der Waals surface area (Å²) in [5.41, 5.74) is 9.94. The van der Waals surface area contributed by atoms with Crippen LogP contribution in [0.2, 0.25) is 0 Å². The summed E-state index contributed by atoms with van der Waals surface area (Å²) in [6.45, 7) is 0. The Labute approximate surface area is 278 Å². The highest BCUT2D eigenvalue weighted by molar-refractivity contribution is 6.22. The minimum atomic E-state index is 0.932. The van der Waals surface area contributed by atoms with Crippen molar-refractivity contribution in [1.82, 2.24) is 0 Å². The summed E-state index contributed by atoms with van der Waals surface area (Å²) in [6, 6.07) is 63.4. The molecule has 0 aliphatic heterocycles. The lowest BCUT2D eigenvalue weighted by Gasteiger charge is -2.28. The van der Waals surface area contributed by atoms with E-state index in [1.165, 1.54) is 54.2 Å². The molecule has 0 unspecified atom stereocenters. The molecule has 1 aromatic heterocycles. The smallest absolute Gasteiger partial charge is 0.136 e. The third-order valence-corrected chi connectivity index (χ3v) is 9.78. The van der Waals surface area contributed by atoms with E-state index in [1.807, 2.05) is 0 Å². The predicted molar refractivity (Wildman–Crippen MR) is 203 cm³/mol. The van der Waals surface area contributed by atoms with Crippen LogP contribution in [0, 0.1) is 0 Å². The number of benzene rings is 9. The summed E-state index contributed by atoms with van der Waals surface area (Å²) in [4.78, 5) is 2.39. The van der Waals surface area contributed by atoms with Gasteiger partial charge in [-0.05, 0) is 97.7 Å². The van der Waals surface area contributed by atoms with Gasteiger partial charge in [0, 0.05) is 27.5 Å². The molecule has 10 rings (SSSR count). The van der Waals surface area contributed by atoms with Crippen molar-refractivity contribution >= 4 is 71.3 Å². The van der Waals surface area contributed by atoms with Crippen LogP contribution in [0.25, 0.3) is 76.5 Å². The molecule has 0 saturated carbocycles. The lowest BCUT2D eigenvalue weighted by molar-refractivity contribution is 0.669. The van der Waals surface area contributed by atoms with Crippen molar-refractivity contribution in [1.29, 1.82) is 0 Å². The number of nitrogens with zero attached hydrogens (tertiary/aromatic N) is 1. The average Bonchev–Trinajstić information content (AvgIpc) is 3.55. The highest BCUT2D eigenvalue weighted by Gasteiger charge is 2.19. The van der Waals surface area contributed by atoms with E-state index in [-0.39, 0.29) is 0 Å². The normalized spacial score (nSPS) is 11.8. The molecule has 2 nitrogen and oxygen atoms in total. The predicted octanol–water partition coefficient (Wildman–Crippen LogP) is 13.3. The molecule has 0 radical (unpaired) electrons. The molecule has 10 aromatic rings. The first-order chi connectivity index (χ1) is 23.8. The Morgan fingerprint density at radius 2 is 0.917 bits per heavy atom. The van der Waals surface area contributed by atoms with Crippen molar-refractivity contribution < 1.29 is 4.42 Å². The van der Waals surface area contributed by atoms with E-state index in [9.17, 15) is 0 Å². The van der Waals surface area contributed by atoms with Crippen LogP contribution in [0.3, 0.4) is 0 Å². The molecule has 48 heavy (non-hydrogen) atoms. The largest absolute Gasteiger partial charge is 0.456 e. The Kier molecular flexibility index (Phi) is 5.91. The Morgan fingerprint density at radius 1 is 0.333 bits per heavy atom. The zero-order valence-corrected chi connectivity index (χ0v) is 26.1. The van der Waals surface area contributed by atoms with Crippen molar-refractivity contribution in [2.75, 3.05) is 4.90 Å². The molecule has 0 atom stereocenters. The van der Waals surface area contributed by atoms with Gasteiger partial charge in [-0.2, -0.15) is 0 Å². The van der Waals surface area contributed by atoms with E-state index < -0.39 is 0 Å². The SMILES string of the molecule is c1ccc(-c2ccc(N(c3ccc(-c4cc5ccc6cccc7oc(c4)c5c67)cc3)c3cc4ccccc4c4ccccc34)cc2)cc1. The zero-order valence-electron chi connectivity index (χ0n) is 26.1. The summed E-state index contributed by atoms with van der Waals surface area (Å²) in [5, 5.41) is 9.78. The van der Waals surface area contributed by atoms with Crippen LogP contribution in [0.4, 0.5) is 17.1 Å². The van der Waals surface area contributed by atoms with E-state index in [1.54, 1.807) is 0 Å². The van der Waals surface area contributed by atoms with E-state index >= 15 is 0 Å². The van der Waals surface area contributed by atoms with Gasteiger partial charge in [-0.3, -0.25) is 0 Å². The van der Waals surface area contributed by atoms with Crippen LogP contribution in [-0.2, 0) is 0 Å². The fourth-order valence-electron chi connectivity index (χ4n) is 7.50. The summed E-state index contributed by atoms with van der Waals surface area (Å²) in [7, 11) is 0. The van der Waals surface area contributed by atoms with Gasteiger partial charge in [0.15, 0.2) is 0 Å². The molecule has 0 aliphatic carbocycles. The molecule has 0 N–H and O–H groups in total. The van der Waals surface area contributed by atoms with Gasteiger partial charge in [0.1, 0.15) is 11.2 Å². The topological polar surface area (TPSA) is 16.4 Å². The monoisotopic (exact) mass is 611 g/mol. The molecule has 0 spiro atoms. The van der Waals surface area contributed by atoms with Crippen molar-refractivity contribution in [2.45, 2.75) is 0 Å². The van der Waals surface area contributed by atoms with Crippen LogP contribution in [0.1, 0.15) is 0 Å². The van der Waals surface area contributed by atoms with Crippen molar-refractivity contribution in [3.05, 3.63) is 176 Å². The second-order valence-corrected chi connectivity index (χ2v) is 12.6. The Balaban J connectivity index is 1.13. The Morgan fingerprint density at radius 3 is 1.69 bits per heavy atom. The van der Waals surface area contributed by atoms with Crippen molar-refractivity contribution in [3.8, 4) is 22.3 Å². The van der Waals surface area contributed by atoms with Gasteiger partial charge >= 0.3 is 0 Å². The maximum absolute atomic E-state index is 6.36. The number of anilines is 3. The molecule has 9 aromatic carbocycles. The second-order valence-electron chi connectivity index (χ2n) is 12.6. The molecule has 0 aliphatic rings. The lowest BCUT2D eigenvalue weighted by atomic mass is 9.97. The standard InChI is InChI=1S/C46H29NO/c1-2-9-30(10-3-1)31-19-23-37(24-20-31)47(42-28-34-11-4-5-13-39(34)40-14-6-7-15-41(40)42)38-25-21-32(22-26-38)36-27-35-18-17-33-12-8-16-43-45(33)46(35)44(29-36)48-43/h1-29H. The van der Waals surface area contributed by atoms with Gasteiger partial charge < -0.3 is 9.32 Å². The van der Waals surface area contributed by atoms with Gasteiger partial charge in [-0.25, -0.2) is 0 Å². The van der Waals surface area contributed by atoms with Gasteiger partial charge in [-0.1, -0.05) is 127 Å². The maximum atomic E-state index is 6.36. The van der Waals surface area contributed by atoms with Crippen LogP contribution in [0.15, 0.2) is 180 Å². The van der Waals surface area contributed by atoms with E-state index in [2.05, 4.69) is 181 Å². The first-order valence-electron chi connectivity index (χ1n) is 16.4. The summed E-state index contributed by atoms with van der Waals surface area (Å²) >= 11 is 0. The van der Waals surface area contributed by atoms with Crippen molar-refractivity contribution in [2.24, 2.45) is 0 Å². The number of hydrogen-bond donors (Lipinski definition) is 0. The first-order valence-corrected chi connectivity index (χ1v) is 16.4. The lowest BCUT2D eigenvalue weighted by Crippen LogP contribution is -2.10. The third kappa shape index (κ3) is 4.20. The zero-order chi connectivity index (χ0) is 31.6. The fourth-order valence-corrected chi connectivity index (χ4v) is 7.50. The number of rotatable bonds is 5. The fraction of sp³-hybridized carbons (Fsp3) is 0. The van der Waals surface area contributed by atoms with Crippen LogP contribution in [0.5, 0.6) is 0 Å². The molecule has 2 heteroatoms. The van der Waals surface area contributed by atoms with Crippen LogP contribution < -0.4 is 4.90 Å². The Bertz CT molecular complexity index is 2760. The van der Waals surface area contributed by atoms with Crippen LogP contribution in [-0.4, -0.2) is 0 Å². The van der Waals surface area contributed by atoms with Gasteiger partial charge in [0.2, 0.25) is 0 Å². The number of hydrogen-bond acceptors (Lipinski definition) is 2. The summed E-state index contributed by atoms with van der Waals surface area (Å²) in [5.74, 6) is 0. The minimum absolute atomic E-state index is 0.932. The van der Waals surface area contributed by atoms with E-state index in [0.717, 1.165) is 39.4 Å². The number of furan rings is 1. The van der Waals surface area contributed by atoms with Gasteiger partial charge in [0.05, 0.1) is 5.69 Å². The van der Waals surface area contributed by atoms with Crippen molar-refractivity contribution in [3.63, 3.8) is 0 Å². The van der Waals surface area contributed by atoms with Gasteiger partial charge in [-0.15, -0.1) is 0 Å². The molecular weight excluding hydrogens is 583 g/mol. The highest BCUT2D eigenvalue weighted by Crippen LogP contribution is 2.44.